The average Bonchev–Trinajstić information content (AvgIpc) is 1.99. The normalized spacial score (nSPS) is 17.5. The summed E-state index contributed by atoms with van der Waals surface area (Å²) in [5.41, 5.74) is 0. The van der Waals surface area contributed by atoms with E-state index in [-0.39, 0.29) is 6.42 Å². The summed E-state index contributed by atoms with van der Waals surface area (Å²) in [6.07, 6.45) is -1.10. The summed E-state index contributed by atoms with van der Waals surface area (Å²) in [5, 5.41) is 18.5. The van der Waals surface area contributed by atoms with Gasteiger partial charge in [0, 0.05) is 20.6 Å². The van der Waals surface area contributed by atoms with Gasteiger partial charge in [0.25, 0.3) is 0 Å². The van der Waals surface area contributed by atoms with E-state index in [1.54, 1.807) is 13.8 Å². The van der Waals surface area contributed by atoms with Crippen LogP contribution in [0.15, 0.2) is 0 Å². The second-order valence-electron chi connectivity index (χ2n) is 2.95. The number of hydrogen-bond acceptors (Lipinski definition) is 4. The predicted octanol–water partition coefficient (Wildman–Crippen LogP) is 0.127. The molecular weight excluding hydrogens is 160 g/mol. The van der Waals surface area contributed by atoms with Crippen LogP contribution in [0, 0.1) is 0 Å². The van der Waals surface area contributed by atoms with Crippen LogP contribution < -0.4 is 0 Å². The van der Waals surface area contributed by atoms with E-state index in [2.05, 4.69) is 0 Å². The molecule has 74 valence electrons. The van der Waals surface area contributed by atoms with Crippen LogP contribution in [0.25, 0.3) is 0 Å². The highest BCUT2D eigenvalue weighted by molar-refractivity contribution is 4.77. The van der Waals surface area contributed by atoms with E-state index in [1.807, 2.05) is 0 Å². The van der Waals surface area contributed by atoms with Crippen molar-refractivity contribution in [2.45, 2.75) is 38.3 Å². The maximum absolute atomic E-state index is 9.35. The Balaban J connectivity index is 4.35. The minimum atomic E-state index is -1.09. The molecule has 0 rings (SSSR count). The van der Waals surface area contributed by atoms with Crippen molar-refractivity contribution in [3.63, 3.8) is 0 Å². The highest BCUT2D eigenvalue weighted by Crippen LogP contribution is 2.22. The molecule has 0 aromatic heterocycles. The van der Waals surface area contributed by atoms with Gasteiger partial charge in [-0.2, -0.15) is 0 Å². The van der Waals surface area contributed by atoms with E-state index < -0.39 is 18.0 Å². The summed E-state index contributed by atoms with van der Waals surface area (Å²) in [7, 11) is 2.89. The summed E-state index contributed by atoms with van der Waals surface area (Å²) in [4.78, 5) is 0. The molecule has 0 aliphatic rings. The smallest absolute Gasteiger partial charge is 0.196 e. The van der Waals surface area contributed by atoms with Crippen molar-refractivity contribution in [1.82, 2.24) is 0 Å². The first-order valence-corrected chi connectivity index (χ1v) is 3.95. The summed E-state index contributed by atoms with van der Waals surface area (Å²) in [6.45, 7) is 3.19. The highest BCUT2D eigenvalue weighted by atomic mass is 16.7. The summed E-state index contributed by atoms with van der Waals surface area (Å²) in [5.74, 6) is -1.09. The molecule has 2 unspecified atom stereocenters. The standard InChI is InChI=1S/C8H18O4/c1-6(9)5-8(11-3,12-4)7(2)10/h6-7,9-10H,5H2,1-4H3. The third kappa shape index (κ3) is 2.71. The van der Waals surface area contributed by atoms with Gasteiger partial charge in [0.05, 0.1) is 6.10 Å². The topological polar surface area (TPSA) is 58.9 Å². The van der Waals surface area contributed by atoms with E-state index in [1.165, 1.54) is 14.2 Å². The lowest BCUT2D eigenvalue weighted by Gasteiger charge is -2.34. The van der Waals surface area contributed by atoms with Crippen LogP contribution in [-0.2, 0) is 9.47 Å². The lowest BCUT2D eigenvalue weighted by atomic mass is 10.0. The Morgan fingerprint density at radius 3 is 1.67 bits per heavy atom. The first-order valence-electron chi connectivity index (χ1n) is 3.95. The Bertz CT molecular complexity index is 118. The molecule has 0 spiro atoms. The van der Waals surface area contributed by atoms with Gasteiger partial charge in [-0.1, -0.05) is 0 Å². The average molecular weight is 178 g/mol. The number of aliphatic hydroxyl groups excluding tert-OH is 2. The fraction of sp³-hybridized carbons (Fsp3) is 1.00. The van der Waals surface area contributed by atoms with Gasteiger partial charge in [0.2, 0.25) is 0 Å². The molecule has 0 amide bonds. The first kappa shape index (κ1) is 11.8. The van der Waals surface area contributed by atoms with Gasteiger partial charge in [0.15, 0.2) is 5.79 Å². The fourth-order valence-corrected chi connectivity index (χ4v) is 1.17. The Morgan fingerprint density at radius 1 is 1.17 bits per heavy atom. The lowest BCUT2D eigenvalue weighted by molar-refractivity contribution is -0.266. The lowest BCUT2D eigenvalue weighted by Crippen LogP contribution is -2.46. The molecule has 12 heavy (non-hydrogen) atoms. The van der Waals surface area contributed by atoms with Crippen LogP contribution in [0.3, 0.4) is 0 Å². The highest BCUT2D eigenvalue weighted by Gasteiger charge is 2.36. The predicted molar refractivity (Wildman–Crippen MR) is 44.7 cm³/mol. The number of methoxy groups -OCH3 is 2. The van der Waals surface area contributed by atoms with Crippen molar-refractivity contribution in [1.29, 1.82) is 0 Å². The van der Waals surface area contributed by atoms with Crippen LogP contribution in [0.2, 0.25) is 0 Å². The van der Waals surface area contributed by atoms with Gasteiger partial charge in [-0.3, -0.25) is 0 Å². The van der Waals surface area contributed by atoms with Crippen molar-refractivity contribution in [3.8, 4) is 0 Å². The van der Waals surface area contributed by atoms with Crippen LogP contribution in [0.5, 0.6) is 0 Å². The Labute approximate surface area is 73.1 Å². The minimum absolute atomic E-state index is 0.248. The van der Waals surface area contributed by atoms with Crippen molar-refractivity contribution < 1.29 is 19.7 Å². The first-order chi connectivity index (χ1) is 5.48. The van der Waals surface area contributed by atoms with Crippen LogP contribution in [-0.4, -0.2) is 42.4 Å². The van der Waals surface area contributed by atoms with Gasteiger partial charge in [-0.05, 0) is 13.8 Å². The molecule has 4 nitrogen and oxygen atoms in total. The Morgan fingerprint density at radius 2 is 1.58 bits per heavy atom. The van der Waals surface area contributed by atoms with Crippen molar-refractivity contribution >= 4 is 0 Å². The molecule has 2 atom stereocenters. The van der Waals surface area contributed by atoms with Crippen molar-refractivity contribution in [3.05, 3.63) is 0 Å². The molecule has 2 N–H and O–H groups in total. The monoisotopic (exact) mass is 178 g/mol. The summed E-state index contributed by atoms with van der Waals surface area (Å²) in [6, 6.07) is 0. The molecule has 0 aliphatic heterocycles. The number of rotatable bonds is 5. The van der Waals surface area contributed by atoms with Gasteiger partial charge in [0.1, 0.15) is 6.10 Å². The van der Waals surface area contributed by atoms with E-state index >= 15 is 0 Å². The second-order valence-corrected chi connectivity index (χ2v) is 2.95. The second kappa shape index (κ2) is 4.77. The van der Waals surface area contributed by atoms with Crippen LogP contribution in [0.4, 0.5) is 0 Å². The number of hydrogen-bond donors (Lipinski definition) is 2. The Hall–Kier alpha value is -0.160. The zero-order chi connectivity index (χ0) is 9.78. The zero-order valence-corrected chi connectivity index (χ0v) is 8.07. The van der Waals surface area contributed by atoms with Gasteiger partial charge in [-0.15, -0.1) is 0 Å². The van der Waals surface area contributed by atoms with Crippen molar-refractivity contribution in [2.75, 3.05) is 14.2 Å². The SMILES string of the molecule is COC(CC(C)O)(OC)C(C)O. The molecule has 0 radical (unpaired) electrons. The molecule has 0 saturated heterocycles. The maximum Gasteiger partial charge on any atom is 0.196 e. The van der Waals surface area contributed by atoms with E-state index in [9.17, 15) is 5.11 Å². The summed E-state index contributed by atoms with van der Waals surface area (Å²) < 4.78 is 10.1. The largest absolute Gasteiger partial charge is 0.393 e. The van der Waals surface area contributed by atoms with Crippen LogP contribution in [0.1, 0.15) is 20.3 Å². The molecule has 0 fully saturated rings. The van der Waals surface area contributed by atoms with E-state index in [0.717, 1.165) is 0 Å². The molecule has 0 aromatic rings. The van der Waals surface area contributed by atoms with Crippen molar-refractivity contribution in [2.24, 2.45) is 0 Å². The molecular formula is C8H18O4. The van der Waals surface area contributed by atoms with Gasteiger partial charge < -0.3 is 19.7 Å². The zero-order valence-electron chi connectivity index (χ0n) is 8.07. The van der Waals surface area contributed by atoms with Crippen LogP contribution >= 0.6 is 0 Å². The number of aliphatic hydroxyl groups is 2. The van der Waals surface area contributed by atoms with Gasteiger partial charge in [-0.25, -0.2) is 0 Å². The van der Waals surface area contributed by atoms with E-state index in [0.29, 0.717) is 0 Å². The maximum atomic E-state index is 9.35. The third-order valence-electron chi connectivity index (χ3n) is 1.91. The fourth-order valence-electron chi connectivity index (χ4n) is 1.17. The summed E-state index contributed by atoms with van der Waals surface area (Å²) >= 11 is 0. The molecule has 0 heterocycles. The Kier molecular flexibility index (Phi) is 4.70. The van der Waals surface area contributed by atoms with Gasteiger partial charge >= 0.3 is 0 Å². The molecule has 0 saturated carbocycles. The number of ether oxygens (including phenoxy) is 2. The van der Waals surface area contributed by atoms with E-state index in [4.69, 9.17) is 14.6 Å². The molecule has 4 heteroatoms. The minimum Gasteiger partial charge on any atom is -0.393 e. The quantitative estimate of drug-likeness (QED) is 0.587. The molecule has 0 aliphatic carbocycles. The third-order valence-corrected chi connectivity index (χ3v) is 1.91. The molecule has 0 aromatic carbocycles. The molecule has 0 bridgehead atoms.